The standard InChI is InChI=1S/C24H25FN4O2S/c1-14-20(24(31)28-17(11-26)9-15-4-3-5-16(25)8-15)13-32-23(14)19-6-7-27-21-10-18(30)12-29(2)22(19)21/h3-8,13,17H,9-12,26H2,1-2H3,(H,28,31)/t17-/m0/s1. The fourth-order valence-corrected chi connectivity index (χ4v) is 5.23. The average Bonchev–Trinajstić information content (AvgIpc) is 3.13. The van der Waals surface area contributed by atoms with Gasteiger partial charge in [-0.25, -0.2) is 4.39 Å². The number of fused-ring (bicyclic) bond motifs is 1. The van der Waals surface area contributed by atoms with Gasteiger partial charge < -0.3 is 16.0 Å². The van der Waals surface area contributed by atoms with E-state index in [9.17, 15) is 14.0 Å². The van der Waals surface area contributed by atoms with Gasteiger partial charge in [-0.05, 0) is 42.7 Å². The van der Waals surface area contributed by atoms with Gasteiger partial charge in [0, 0.05) is 41.7 Å². The highest BCUT2D eigenvalue weighted by atomic mass is 32.1. The number of Topliss-reactive ketones (excluding diaryl/α,β-unsaturated/α-hetero) is 1. The van der Waals surface area contributed by atoms with Crippen molar-refractivity contribution >= 4 is 28.7 Å². The van der Waals surface area contributed by atoms with Gasteiger partial charge in [0.2, 0.25) is 0 Å². The van der Waals surface area contributed by atoms with E-state index in [1.807, 2.05) is 36.4 Å². The maximum Gasteiger partial charge on any atom is 0.252 e. The van der Waals surface area contributed by atoms with E-state index in [0.29, 0.717) is 24.9 Å². The molecule has 0 unspecified atom stereocenters. The van der Waals surface area contributed by atoms with Crippen molar-refractivity contribution in [2.75, 3.05) is 25.0 Å². The number of nitrogens with one attached hydrogen (secondary N) is 1. The number of ketones is 1. The third kappa shape index (κ3) is 4.42. The van der Waals surface area contributed by atoms with E-state index in [-0.39, 0.29) is 30.1 Å². The molecule has 0 bridgehead atoms. The number of anilines is 1. The van der Waals surface area contributed by atoms with Gasteiger partial charge in [-0.2, -0.15) is 0 Å². The Balaban J connectivity index is 1.57. The summed E-state index contributed by atoms with van der Waals surface area (Å²) in [5.41, 5.74) is 10.8. The van der Waals surface area contributed by atoms with Crippen LogP contribution in [0, 0.1) is 12.7 Å². The van der Waals surface area contributed by atoms with E-state index in [0.717, 1.165) is 32.9 Å². The lowest BCUT2D eigenvalue weighted by molar-refractivity contribution is -0.117. The highest BCUT2D eigenvalue weighted by molar-refractivity contribution is 7.14. The lowest BCUT2D eigenvalue weighted by Gasteiger charge is -2.28. The smallest absolute Gasteiger partial charge is 0.252 e. The van der Waals surface area contributed by atoms with Crippen LogP contribution in [0.5, 0.6) is 0 Å². The number of pyridine rings is 1. The summed E-state index contributed by atoms with van der Waals surface area (Å²) < 4.78 is 13.5. The molecule has 8 heteroatoms. The van der Waals surface area contributed by atoms with Gasteiger partial charge in [-0.15, -0.1) is 11.3 Å². The molecule has 0 saturated heterocycles. The predicted octanol–water partition coefficient (Wildman–Crippen LogP) is 3.12. The molecule has 1 atom stereocenters. The molecule has 0 aliphatic carbocycles. The van der Waals surface area contributed by atoms with Crippen molar-refractivity contribution in [2.45, 2.75) is 25.8 Å². The number of nitrogens with zero attached hydrogens (tertiary/aromatic N) is 2. The van der Waals surface area contributed by atoms with E-state index < -0.39 is 0 Å². The summed E-state index contributed by atoms with van der Waals surface area (Å²) in [6.07, 6.45) is 2.49. The second-order valence-corrected chi connectivity index (χ2v) is 8.95. The Morgan fingerprint density at radius 1 is 1.38 bits per heavy atom. The molecule has 6 nitrogen and oxygen atoms in total. The lowest BCUT2D eigenvalue weighted by Crippen LogP contribution is -2.41. The summed E-state index contributed by atoms with van der Waals surface area (Å²) in [4.78, 5) is 32.3. The minimum absolute atomic E-state index is 0.138. The summed E-state index contributed by atoms with van der Waals surface area (Å²) in [7, 11) is 1.88. The Kier molecular flexibility index (Phi) is 6.34. The molecule has 1 aliphatic heterocycles. The molecule has 32 heavy (non-hydrogen) atoms. The molecule has 3 heterocycles. The number of aromatic nitrogens is 1. The molecule has 0 saturated carbocycles. The van der Waals surface area contributed by atoms with Gasteiger partial charge in [-0.1, -0.05) is 12.1 Å². The number of rotatable bonds is 6. The van der Waals surface area contributed by atoms with Crippen LogP contribution in [-0.4, -0.2) is 42.9 Å². The zero-order valence-corrected chi connectivity index (χ0v) is 18.8. The molecule has 1 amide bonds. The zero-order chi connectivity index (χ0) is 22.8. The van der Waals surface area contributed by atoms with Crippen LogP contribution < -0.4 is 16.0 Å². The van der Waals surface area contributed by atoms with Crippen molar-refractivity contribution < 1.29 is 14.0 Å². The minimum atomic E-state index is -0.310. The van der Waals surface area contributed by atoms with Crippen molar-refractivity contribution in [3.8, 4) is 10.4 Å². The van der Waals surface area contributed by atoms with Crippen LogP contribution in [0.4, 0.5) is 10.1 Å². The van der Waals surface area contributed by atoms with E-state index in [1.54, 1.807) is 12.3 Å². The van der Waals surface area contributed by atoms with Gasteiger partial charge in [0.05, 0.1) is 29.9 Å². The molecule has 0 radical (unpaired) electrons. The third-order valence-electron chi connectivity index (χ3n) is 5.68. The summed E-state index contributed by atoms with van der Waals surface area (Å²) in [5.74, 6) is -0.377. The lowest BCUT2D eigenvalue weighted by atomic mass is 9.99. The predicted molar refractivity (Wildman–Crippen MR) is 125 cm³/mol. The average molecular weight is 453 g/mol. The third-order valence-corrected chi connectivity index (χ3v) is 6.79. The molecule has 3 aromatic rings. The molecule has 0 spiro atoms. The van der Waals surface area contributed by atoms with Crippen molar-refractivity contribution in [3.63, 3.8) is 0 Å². The van der Waals surface area contributed by atoms with Crippen LogP contribution in [0.15, 0.2) is 41.9 Å². The Labute approximate surface area is 190 Å². The fraction of sp³-hybridized carbons (Fsp3) is 0.292. The van der Waals surface area contributed by atoms with Crippen LogP contribution in [0.1, 0.15) is 27.2 Å². The largest absolute Gasteiger partial charge is 0.365 e. The van der Waals surface area contributed by atoms with Gasteiger partial charge in [0.1, 0.15) is 5.82 Å². The Bertz CT molecular complexity index is 1180. The number of halogens is 1. The number of hydrogen-bond acceptors (Lipinski definition) is 6. The number of amides is 1. The number of nitrogens with two attached hydrogens (primary N) is 1. The number of thiophene rings is 1. The Morgan fingerprint density at radius 2 is 2.19 bits per heavy atom. The highest BCUT2D eigenvalue weighted by Gasteiger charge is 2.26. The van der Waals surface area contributed by atoms with E-state index in [4.69, 9.17) is 5.73 Å². The molecule has 0 fully saturated rings. The maximum absolute atomic E-state index is 13.5. The number of carbonyl (C=O) groups excluding carboxylic acids is 2. The van der Waals surface area contributed by atoms with Crippen LogP contribution >= 0.6 is 11.3 Å². The quantitative estimate of drug-likeness (QED) is 0.600. The van der Waals surface area contributed by atoms with Crippen molar-refractivity contribution in [3.05, 3.63) is 70.1 Å². The summed E-state index contributed by atoms with van der Waals surface area (Å²) in [5, 5.41) is 4.83. The van der Waals surface area contributed by atoms with E-state index in [2.05, 4.69) is 10.3 Å². The van der Waals surface area contributed by atoms with Crippen LogP contribution in [0.2, 0.25) is 0 Å². The monoisotopic (exact) mass is 452 g/mol. The number of likely N-dealkylation sites (N-methyl/N-ethyl adjacent to an activating group) is 1. The number of carbonyl (C=O) groups is 2. The summed E-state index contributed by atoms with van der Waals surface area (Å²) >= 11 is 1.49. The number of hydrogen-bond donors (Lipinski definition) is 2. The first kappa shape index (κ1) is 22.1. The van der Waals surface area contributed by atoms with Gasteiger partial charge in [0.25, 0.3) is 5.91 Å². The minimum Gasteiger partial charge on any atom is -0.365 e. The Morgan fingerprint density at radius 3 is 2.94 bits per heavy atom. The molecule has 2 aromatic heterocycles. The summed E-state index contributed by atoms with van der Waals surface area (Å²) in [6, 6.07) is 7.93. The second kappa shape index (κ2) is 9.18. The fourth-order valence-electron chi connectivity index (χ4n) is 4.13. The first-order chi connectivity index (χ1) is 15.4. The molecule has 166 valence electrons. The van der Waals surface area contributed by atoms with Gasteiger partial charge in [0.15, 0.2) is 5.78 Å². The topological polar surface area (TPSA) is 88.3 Å². The highest BCUT2D eigenvalue weighted by Crippen LogP contribution is 2.40. The van der Waals surface area contributed by atoms with Crippen LogP contribution in [-0.2, 0) is 17.6 Å². The first-order valence-electron chi connectivity index (χ1n) is 10.4. The Hall–Kier alpha value is -3.10. The summed E-state index contributed by atoms with van der Waals surface area (Å²) in [6.45, 7) is 2.52. The van der Waals surface area contributed by atoms with Crippen molar-refractivity contribution in [1.82, 2.24) is 10.3 Å². The van der Waals surface area contributed by atoms with Gasteiger partial charge in [-0.3, -0.25) is 14.6 Å². The maximum atomic E-state index is 13.5. The molecule has 1 aliphatic rings. The van der Waals surface area contributed by atoms with Crippen molar-refractivity contribution in [2.24, 2.45) is 5.73 Å². The molecule has 3 N–H and O–H groups in total. The number of benzene rings is 1. The van der Waals surface area contributed by atoms with E-state index >= 15 is 0 Å². The molecule has 4 rings (SSSR count). The second-order valence-electron chi connectivity index (χ2n) is 8.07. The zero-order valence-electron chi connectivity index (χ0n) is 18.0. The first-order valence-corrected chi connectivity index (χ1v) is 11.3. The van der Waals surface area contributed by atoms with E-state index in [1.165, 1.54) is 23.5 Å². The normalized spacial score (nSPS) is 14.2. The van der Waals surface area contributed by atoms with Crippen LogP contribution in [0.25, 0.3) is 10.4 Å². The van der Waals surface area contributed by atoms with Crippen molar-refractivity contribution in [1.29, 1.82) is 0 Å². The van der Waals surface area contributed by atoms with Crippen LogP contribution in [0.3, 0.4) is 0 Å². The molecular formula is C24H25FN4O2S. The molecular weight excluding hydrogens is 427 g/mol. The SMILES string of the molecule is Cc1c(C(=O)N[C@H](CN)Cc2cccc(F)c2)csc1-c1ccnc2c1N(C)CC(=O)C2. The van der Waals surface area contributed by atoms with Gasteiger partial charge >= 0.3 is 0 Å². The molecule has 1 aromatic carbocycles.